The van der Waals surface area contributed by atoms with Gasteiger partial charge in [0.15, 0.2) is 0 Å². The third-order valence-electron chi connectivity index (χ3n) is 4.26. The van der Waals surface area contributed by atoms with Gasteiger partial charge < -0.3 is 0 Å². The highest BCUT2D eigenvalue weighted by Crippen LogP contribution is 2.36. The van der Waals surface area contributed by atoms with Crippen LogP contribution in [0, 0.1) is 17.8 Å². The van der Waals surface area contributed by atoms with Gasteiger partial charge in [0, 0.05) is 5.02 Å². The maximum atomic E-state index is 6.03. The lowest BCUT2D eigenvalue weighted by atomic mass is 9.72. The predicted molar refractivity (Wildman–Crippen MR) is 70.8 cm³/mol. The fourth-order valence-electron chi connectivity index (χ4n) is 2.95. The smallest absolute Gasteiger partial charge is 0.0408 e. The van der Waals surface area contributed by atoms with Gasteiger partial charge >= 0.3 is 0 Å². The van der Waals surface area contributed by atoms with Crippen LogP contribution in [0.3, 0.4) is 0 Å². The molecule has 0 aromatic heterocycles. The standard InChI is InChI=1S/C15H21Cl/c1-11-5-3-7-14(12(11)2)9-13-6-4-8-15(16)10-13/h4,6,8,10-12,14H,3,5,7,9H2,1-2H3. The largest absolute Gasteiger partial charge is 0.0843 e. The number of rotatable bonds is 2. The Morgan fingerprint density at radius 2 is 2.06 bits per heavy atom. The molecule has 1 aromatic carbocycles. The molecule has 2 rings (SSSR count). The average Bonchev–Trinajstić information content (AvgIpc) is 2.25. The fraction of sp³-hybridized carbons (Fsp3) is 0.600. The molecule has 0 amide bonds. The van der Waals surface area contributed by atoms with E-state index in [-0.39, 0.29) is 0 Å². The Balaban J connectivity index is 2.03. The molecule has 0 saturated heterocycles. The number of hydrogen-bond donors (Lipinski definition) is 0. The van der Waals surface area contributed by atoms with Crippen LogP contribution in [-0.4, -0.2) is 0 Å². The van der Waals surface area contributed by atoms with Crippen molar-refractivity contribution in [2.45, 2.75) is 39.5 Å². The molecule has 1 heteroatoms. The Kier molecular flexibility index (Phi) is 3.91. The monoisotopic (exact) mass is 236 g/mol. The Bertz CT molecular complexity index is 345. The zero-order chi connectivity index (χ0) is 11.5. The Labute approximate surface area is 104 Å². The lowest BCUT2D eigenvalue weighted by molar-refractivity contribution is 0.181. The molecular formula is C15H21Cl. The molecule has 1 fully saturated rings. The highest BCUT2D eigenvalue weighted by Gasteiger charge is 2.26. The molecule has 3 unspecified atom stereocenters. The molecule has 88 valence electrons. The van der Waals surface area contributed by atoms with E-state index in [4.69, 9.17) is 11.6 Å². The molecule has 3 atom stereocenters. The van der Waals surface area contributed by atoms with Gasteiger partial charge in [-0.1, -0.05) is 50.4 Å². The average molecular weight is 237 g/mol. The summed E-state index contributed by atoms with van der Waals surface area (Å²) in [5.74, 6) is 2.59. The van der Waals surface area contributed by atoms with Gasteiger partial charge in [0.1, 0.15) is 0 Å². The first kappa shape index (κ1) is 12.0. The molecule has 1 aliphatic rings. The van der Waals surface area contributed by atoms with E-state index in [9.17, 15) is 0 Å². The summed E-state index contributed by atoms with van der Waals surface area (Å²) in [7, 11) is 0. The summed E-state index contributed by atoms with van der Waals surface area (Å²) in [4.78, 5) is 0. The molecule has 0 aliphatic heterocycles. The minimum atomic E-state index is 0.849. The molecule has 1 aromatic rings. The maximum Gasteiger partial charge on any atom is 0.0408 e. The number of benzene rings is 1. The van der Waals surface area contributed by atoms with Gasteiger partial charge in [0.25, 0.3) is 0 Å². The second-order valence-electron chi connectivity index (χ2n) is 5.36. The first-order valence-electron chi connectivity index (χ1n) is 6.41. The lowest BCUT2D eigenvalue weighted by Gasteiger charge is -2.34. The number of halogens is 1. The van der Waals surface area contributed by atoms with Gasteiger partial charge in [0.2, 0.25) is 0 Å². The first-order valence-corrected chi connectivity index (χ1v) is 6.79. The first-order chi connectivity index (χ1) is 7.66. The molecule has 1 aliphatic carbocycles. The topological polar surface area (TPSA) is 0 Å². The molecule has 0 N–H and O–H groups in total. The van der Waals surface area contributed by atoms with Crippen LogP contribution in [0.15, 0.2) is 24.3 Å². The SMILES string of the molecule is CC1CCCC(Cc2cccc(Cl)c2)C1C. The van der Waals surface area contributed by atoms with Gasteiger partial charge in [-0.05, 0) is 48.3 Å². The van der Waals surface area contributed by atoms with E-state index >= 15 is 0 Å². The van der Waals surface area contributed by atoms with Crippen LogP contribution in [0.1, 0.15) is 38.7 Å². The van der Waals surface area contributed by atoms with Gasteiger partial charge in [-0.3, -0.25) is 0 Å². The Morgan fingerprint density at radius 1 is 1.25 bits per heavy atom. The summed E-state index contributed by atoms with van der Waals surface area (Å²) in [6.07, 6.45) is 5.40. The molecule has 1 saturated carbocycles. The van der Waals surface area contributed by atoms with Crippen molar-refractivity contribution < 1.29 is 0 Å². The van der Waals surface area contributed by atoms with Crippen molar-refractivity contribution in [2.24, 2.45) is 17.8 Å². The molecule has 0 heterocycles. The van der Waals surface area contributed by atoms with E-state index in [1.807, 2.05) is 6.07 Å². The van der Waals surface area contributed by atoms with E-state index < -0.39 is 0 Å². The summed E-state index contributed by atoms with van der Waals surface area (Å²) < 4.78 is 0. The predicted octanol–water partition coefficient (Wildman–Crippen LogP) is 4.95. The minimum Gasteiger partial charge on any atom is -0.0843 e. The van der Waals surface area contributed by atoms with E-state index in [2.05, 4.69) is 32.0 Å². The third kappa shape index (κ3) is 2.79. The second-order valence-corrected chi connectivity index (χ2v) is 5.80. The molecular weight excluding hydrogens is 216 g/mol. The van der Waals surface area contributed by atoms with Crippen LogP contribution in [0.25, 0.3) is 0 Å². The third-order valence-corrected chi connectivity index (χ3v) is 4.50. The van der Waals surface area contributed by atoms with Crippen LogP contribution >= 0.6 is 11.6 Å². The fourth-order valence-corrected chi connectivity index (χ4v) is 3.16. The van der Waals surface area contributed by atoms with Gasteiger partial charge in [-0.15, -0.1) is 0 Å². The maximum absolute atomic E-state index is 6.03. The van der Waals surface area contributed by atoms with Crippen molar-refractivity contribution in [2.75, 3.05) is 0 Å². The highest BCUT2D eigenvalue weighted by atomic mass is 35.5. The molecule has 0 spiro atoms. The second kappa shape index (κ2) is 5.23. The summed E-state index contributed by atoms with van der Waals surface area (Å²) in [5, 5.41) is 0.869. The molecule has 0 bridgehead atoms. The van der Waals surface area contributed by atoms with E-state index in [1.54, 1.807) is 0 Å². The summed E-state index contributed by atoms with van der Waals surface area (Å²) in [5.41, 5.74) is 1.40. The van der Waals surface area contributed by atoms with Crippen molar-refractivity contribution in [3.8, 4) is 0 Å². The zero-order valence-electron chi connectivity index (χ0n) is 10.2. The zero-order valence-corrected chi connectivity index (χ0v) is 11.0. The van der Waals surface area contributed by atoms with Crippen LogP contribution < -0.4 is 0 Å². The minimum absolute atomic E-state index is 0.849. The van der Waals surface area contributed by atoms with Crippen molar-refractivity contribution in [3.05, 3.63) is 34.9 Å². The van der Waals surface area contributed by atoms with Crippen LogP contribution in [0.4, 0.5) is 0 Å². The summed E-state index contributed by atoms with van der Waals surface area (Å²) in [6, 6.07) is 8.35. The van der Waals surface area contributed by atoms with E-state index in [1.165, 1.54) is 31.2 Å². The number of hydrogen-bond acceptors (Lipinski definition) is 0. The quantitative estimate of drug-likeness (QED) is 0.681. The summed E-state index contributed by atoms with van der Waals surface area (Å²) in [6.45, 7) is 4.81. The van der Waals surface area contributed by atoms with Crippen molar-refractivity contribution in [1.29, 1.82) is 0 Å². The normalized spacial score (nSPS) is 30.3. The van der Waals surface area contributed by atoms with E-state index in [0.717, 1.165) is 22.8 Å². The van der Waals surface area contributed by atoms with Crippen molar-refractivity contribution in [1.82, 2.24) is 0 Å². The van der Waals surface area contributed by atoms with Gasteiger partial charge in [0.05, 0.1) is 0 Å². The molecule has 0 radical (unpaired) electrons. The van der Waals surface area contributed by atoms with Crippen LogP contribution in [0.2, 0.25) is 5.02 Å². The molecule has 16 heavy (non-hydrogen) atoms. The van der Waals surface area contributed by atoms with Crippen molar-refractivity contribution in [3.63, 3.8) is 0 Å². The summed E-state index contributed by atoms with van der Waals surface area (Å²) >= 11 is 6.03. The van der Waals surface area contributed by atoms with Crippen molar-refractivity contribution >= 4 is 11.6 Å². The highest BCUT2D eigenvalue weighted by molar-refractivity contribution is 6.30. The van der Waals surface area contributed by atoms with Gasteiger partial charge in [-0.2, -0.15) is 0 Å². The van der Waals surface area contributed by atoms with Gasteiger partial charge in [-0.25, -0.2) is 0 Å². The Hall–Kier alpha value is -0.490. The van der Waals surface area contributed by atoms with E-state index in [0.29, 0.717) is 0 Å². The molecule has 0 nitrogen and oxygen atoms in total. The Morgan fingerprint density at radius 3 is 2.81 bits per heavy atom. The van der Waals surface area contributed by atoms with Crippen LogP contribution in [-0.2, 0) is 6.42 Å². The lowest BCUT2D eigenvalue weighted by Crippen LogP contribution is -2.25. The van der Waals surface area contributed by atoms with Crippen LogP contribution in [0.5, 0.6) is 0 Å².